The second kappa shape index (κ2) is 5.81. The van der Waals surface area contributed by atoms with Crippen LogP contribution in [0.2, 0.25) is 0 Å². The van der Waals surface area contributed by atoms with Gasteiger partial charge in [0.15, 0.2) is 11.6 Å². The molecule has 0 bridgehead atoms. The Kier molecular flexibility index (Phi) is 4.70. The normalized spacial score (nSPS) is 12.4. The van der Waals surface area contributed by atoms with Gasteiger partial charge in [-0.05, 0) is 30.4 Å². The van der Waals surface area contributed by atoms with Crippen molar-refractivity contribution in [2.75, 3.05) is 5.75 Å². The molecule has 1 atom stereocenters. The molecule has 0 aliphatic rings. The van der Waals surface area contributed by atoms with Gasteiger partial charge in [0.05, 0.1) is 6.04 Å². The van der Waals surface area contributed by atoms with Gasteiger partial charge in [-0.2, -0.15) is 0 Å². The number of rotatable bonds is 5. The summed E-state index contributed by atoms with van der Waals surface area (Å²) < 4.78 is 25.4. The number of carbonyl (C=O) groups is 1. The molecule has 0 saturated carbocycles. The van der Waals surface area contributed by atoms with E-state index in [2.05, 4.69) is 0 Å². The van der Waals surface area contributed by atoms with E-state index in [1.54, 1.807) is 0 Å². The molecular formula is C10H12F2N2OS. The van der Waals surface area contributed by atoms with E-state index < -0.39 is 23.6 Å². The number of amides is 1. The van der Waals surface area contributed by atoms with Crippen molar-refractivity contribution in [2.45, 2.75) is 17.4 Å². The van der Waals surface area contributed by atoms with Crippen LogP contribution >= 0.6 is 11.8 Å². The lowest BCUT2D eigenvalue weighted by Gasteiger charge is -2.06. The fraction of sp³-hybridized carbons (Fsp3) is 0.300. The Hall–Kier alpha value is -1.14. The third kappa shape index (κ3) is 3.79. The molecule has 0 heterocycles. The van der Waals surface area contributed by atoms with Gasteiger partial charge in [0.2, 0.25) is 5.91 Å². The fourth-order valence-electron chi connectivity index (χ4n) is 1.01. The summed E-state index contributed by atoms with van der Waals surface area (Å²) in [6.07, 6.45) is 0.402. The topological polar surface area (TPSA) is 69.1 Å². The molecule has 0 radical (unpaired) electrons. The summed E-state index contributed by atoms with van der Waals surface area (Å²) in [4.78, 5) is 11.2. The van der Waals surface area contributed by atoms with Crippen molar-refractivity contribution in [3.05, 3.63) is 29.8 Å². The first-order valence-electron chi connectivity index (χ1n) is 4.63. The van der Waals surface area contributed by atoms with E-state index >= 15 is 0 Å². The number of carbonyl (C=O) groups excluding carboxylic acids is 1. The molecule has 1 rings (SSSR count). The SMILES string of the molecule is NC(=O)C(N)CCSc1ccc(F)c(F)c1. The summed E-state index contributed by atoms with van der Waals surface area (Å²) in [5.74, 6) is -1.80. The van der Waals surface area contributed by atoms with Crippen LogP contribution in [0, 0.1) is 11.6 Å². The van der Waals surface area contributed by atoms with E-state index in [-0.39, 0.29) is 0 Å². The van der Waals surface area contributed by atoms with E-state index in [4.69, 9.17) is 11.5 Å². The zero-order valence-electron chi connectivity index (χ0n) is 8.45. The number of thioether (sulfide) groups is 1. The van der Waals surface area contributed by atoms with Gasteiger partial charge < -0.3 is 11.5 Å². The van der Waals surface area contributed by atoms with Gasteiger partial charge in [0.25, 0.3) is 0 Å². The quantitative estimate of drug-likeness (QED) is 0.768. The average molecular weight is 246 g/mol. The Morgan fingerprint density at radius 1 is 1.38 bits per heavy atom. The Bertz CT molecular complexity index is 387. The number of halogens is 2. The third-order valence-corrected chi connectivity index (χ3v) is 2.98. The largest absolute Gasteiger partial charge is 0.368 e. The Morgan fingerprint density at radius 2 is 2.06 bits per heavy atom. The molecule has 1 aromatic carbocycles. The smallest absolute Gasteiger partial charge is 0.234 e. The third-order valence-electron chi connectivity index (χ3n) is 1.95. The van der Waals surface area contributed by atoms with Crippen LogP contribution in [0.15, 0.2) is 23.1 Å². The molecule has 1 amide bonds. The van der Waals surface area contributed by atoms with Crippen molar-refractivity contribution in [2.24, 2.45) is 11.5 Å². The highest BCUT2D eigenvalue weighted by atomic mass is 32.2. The van der Waals surface area contributed by atoms with Crippen LogP contribution in [0.25, 0.3) is 0 Å². The first kappa shape index (κ1) is 12.9. The molecule has 16 heavy (non-hydrogen) atoms. The summed E-state index contributed by atoms with van der Waals surface area (Å²) in [6.45, 7) is 0. The second-order valence-corrected chi connectivity index (χ2v) is 4.39. The van der Waals surface area contributed by atoms with E-state index in [9.17, 15) is 13.6 Å². The molecule has 0 fully saturated rings. The van der Waals surface area contributed by atoms with Crippen LogP contribution in [0.5, 0.6) is 0 Å². The summed E-state index contributed by atoms with van der Waals surface area (Å²) in [7, 11) is 0. The maximum Gasteiger partial charge on any atom is 0.234 e. The average Bonchev–Trinajstić information content (AvgIpc) is 2.23. The highest BCUT2D eigenvalue weighted by Gasteiger charge is 2.09. The first-order chi connectivity index (χ1) is 7.50. The minimum absolute atomic E-state index is 0.402. The van der Waals surface area contributed by atoms with Gasteiger partial charge in [-0.25, -0.2) is 8.78 Å². The molecule has 0 aromatic heterocycles. The lowest BCUT2D eigenvalue weighted by Crippen LogP contribution is -2.36. The fourth-order valence-corrected chi connectivity index (χ4v) is 1.97. The van der Waals surface area contributed by atoms with Crippen LogP contribution < -0.4 is 11.5 Å². The van der Waals surface area contributed by atoms with Crippen molar-refractivity contribution in [3.8, 4) is 0 Å². The maximum atomic E-state index is 12.8. The molecule has 88 valence electrons. The predicted molar refractivity (Wildman–Crippen MR) is 58.9 cm³/mol. The highest BCUT2D eigenvalue weighted by molar-refractivity contribution is 7.99. The van der Waals surface area contributed by atoms with E-state index in [0.717, 1.165) is 12.1 Å². The maximum absolute atomic E-state index is 12.8. The van der Waals surface area contributed by atoms with Crippen LogP contribution in [0.4, 0.5) is 8.78 Å². The number of primary amides is 1. The molecule has 0 aliphatic heterocycles. The molecule has 4 N–H and O–H groups in total. The summed E-state index contributed by atoms with van der Waals surface area (Å²) in [5.41, 5.74) is 10.4. The molecule has 1 aromatic rings. The van der Waals surface area contributed by atoms with E-state index in [1.807, 2.05) is 0 Å². The van der Waals surface area contributed by atoms with Crippen LogP contribution in [0.3, 0.4) is 0 Å². The van der Waals surface area contributed by atoms with Crippen molar-refractivity contribution in [1.29, 1.82) is 0 Å². The number of hydrogen-bond donors (Lipinski definition) is 2. The van der Waals surface area contributed by atoms with Gasteiger partial charge in [0.1, 0.15) is 0 Å². The van der Waals surface area contributed by atoms with Crippen molar-refractivity contribution < 1.29 is 13.6 Å². The Labute approximate surface area is 96.2 Å². The Morgan fingerprint density at radius 3 is 2.62 bits per heavy atom. The standard InChI is InChI=1S/C10H12F2N2OS/c11-7-2-1-6(5-8(7)12)16-4-3-9(13)10(14)15/h1-2,5,9H,3-4,13H2,(H2,14,15). The summed E-state index contributed by atoms with van der Waals surface area (Å²) in [6, 6.07) is 2.94. The lowest BCUT2D eigenvalue weighted by atomic mass is 10.2. The van der Waals surface area contributed by atoms with E-state index in [0.29, 0.717) is 17.1 Å². The number of hydrogen-bond acceptors (Lipinski definition) is 3. The van der Waals surface area contributed by atoms with Crippen molar-refractivity contribution in [1.82, 2.24) is 0 Å². The molecular weight excluding hydrogens is 234 g/mol. The predicted octanol–water partition coefficient (Wildman–Crippen LogP) is 1.26. The van der Waals surface area contributed by atoms with Crippen LogP contribution in [-0.4, -0.2) is 17.7 Å². The minimum atomic E-state index is -0.885. The zero-order chi connectivity index (χ0) is 12.1. The highest BCUT2D eigenvalue weighted by Crippen LogP contribution is 2.21. The van der Waals surface area contributed by atoms with Gasteiger partial charge >= 0.3 is 0 Å². The van der Waals surface area contributed by atoms with Crippen LogP contribution in [-0.2, 0) is 4.79 Å². The molecule has 0 saturated heterocycles. The number of benzene rings is 1. The molecule has 3 nitrogen and oxygen atoms in total. The molecule has 6 heteroatoms. The molecule has 0 aliphatic carbocycles. The molecule has 1 unspecified atom stereocenters. The van der Waals surface area contributed by atoms with E-state index in [1.165, 1.54) is 17.8 Å². The Balaban J connectivity index is 2.43. The molecule has 0 spiro atoms. The second-order valence-electron chi connectivity index (χ2n) is 3.22. The summed E-state index contributed by atoms with van der Waals surface area (Å²) >= 11 is 1.29. The monoisotopic (exact) mass is 246 g/mol. The van der Waals surface area contributed by atoms with Crippen molar-refractivity contribution in [3.63, 3.8) is 0 Å². The van der Waals surface area contributed by atoms with Crippen LogP contribution in [0.1, 0.15) is 6.42 Å². The summed E-state index contributed by atoms with van der Waals surface area (Å²) in [5, 5.41) is 0. The lowest BCUT2D eigenvalue weighted by molar-refractivity contribution is -0.119. The number of nitrogens with two attached hydrogens (primary N) is 2. The van der Waals surface area contributed by atoms with Gasteiger partial charge in [-0.15, -0.1) is 11.8 Å². The van der Waals surface area contributed by atoms with Gasteiger partial charge in [-0.1, -0.05) is 0 Å². The first-order valence-corrected chi connectivity index (χ1v) is 5.62. The minimum Gasteiger partial charge on any atom is -0.368 e. The van der Waals surface area contributed by atoms with Gasteiger partial charge in [-0.3, -0.25) is 4.79 Å². The van der Waals surface area contributed by atoms with Gasteiger partial charge in [0, 0.05) is 4.90 Å². The zero-order valence-corrected chi connectivity index (χ0v) is 9.27. The van der Waals surface area contributed by atoms with Crippen molar-refractivity contribution >= 4 is 17.7 Å².